The SMILES string of the molecule is Cc1cccc2c1cnn2CCCNC(=O)C1(c2ccc(F)cc2)CCOCC1. The van der Waals surface area contributed by atoms with Gasteiger partial charge in [0.15, 0.2) is 0 Å². The third-order valence-corrected chi connectivity index (χ3v) is 5.92. The molecule has 0 bridgehead atoms. The first-order chi connectivity index (χ1) is 14.1. The van der Waals surface area contributed by atoms with Crippen LogP contribution in [0.5, 0.6) is 0 Å². The second kappa shape index (κ2) is 8.33. The molecule has 3 aromatic rings. The van der Waals surface area contributed by atoms with E-state index in [4.69, 9.17) is 4.74 Å². The van der Waals surface area contributed by atoms with Gasteiger partial charge in [-0.25, -0.2) is 4.39 Å². The molecule has 2 aromatic carbocycles. The second-order valence-corrected chi connectivity index (χ2v) is 7.69. The van der Waals surface area contributed by atoms with Crippen LogP contribution in [-0.2, 0) is 21.5 Å². The van der Waals surface area contributed by atoms with Crippen LogP contribution in [0.2, 0.25) is 0 Å². The molecule has 2 heterocycles. The van der Waals surface area contributed by atoms with E-state index in [2.05, 4.69) is 29.5 Å². The third-order valence-electron chi connectivity index (χ3n) is 5.92. The zero-order chi connectivity index (χ0) is 20.3. The number of aryl methyl sites for hydroxylation is 2. The van der Waals surface area contributed by atoms with E-state index in [-0.39, 0.29) is 11.7 Å². The predicted molar refractivity (Wildman–Crippen MR) is 110 cm³/mol. The summed E-state index contributed by atoms with van der Waals surface area (Å²) in [5.41, 5.74) is 2.53. The number of aromatic nitrogens is 2. The first kappa shape index (κ1) is 19.6. The maximum atomic E-state index is 13.4. The van der Waals surface area contributed by atoms with Crippen LogP contribution >= 0.6 is 0 Å². The van der Waals surface area contributed by atoms with Crippen molar-refractivity contribution in [3.63, 3.8) is 0 Å². The van der Waals surface area contributed by atoms with Gasteiger partial charge in [0.2, 0.25) is 5.91 Å². The van der Waals surface area contributed by atoms with Crippen molar-refractivity contribution in [1.29, 1.82) is 0 Å². The lowest BCUT2D eigenvalue weighted by atomic mass is 9.73. The lowest BCUT2D eigenvalue weighted by Gasteiger charge is -2.36. The smallest absolute Gasteiger partial charge is 0.230 e. The largest absolute Gasteiger partial charge is 0.381 e. The summed E-state index contributed by atoms with van der Waals surface area (Å²) >= 11 is 0. The third kappa shape index (κ3) is 3.90. The minimum Gasteiger partial charge on any atom is -0.381 e. The summed E-state index contributed by atoms with van der Waals surface area (Å²) in [7, 11) is 0. The first-order valence-corrected chi connectivity index (χ1v) is 10.1. The highest BCUT2D eigenvalue weighted by Gasteiger charge is 2.41. The molecule has 1 aliphatic rings. The molecule has 152 valence electrons. The van der Waals surface area contributed by atoms with Gasteiger partial charge in [-0.15, -0.1) is 0 Å². The van der Waals surface area contributed by atoms with E-state index in [1.54, 1.807) is 12.1 Å². The second-order valence-electron chi connectivity index (χ2n) is 7.69. The zero-order valence-corrected chi connectivity index (χ0v) is 16.7. The number of amides is 1. The highest BCUT2D eigenvalue weighted by Crippen LogP contribution is 2.35. The number of hydrogen-bond donors (Lipinski definition) is 1. The summed E-state index contributed by atoms with van der Waals surface area (Å²) in [5, 5.41) is 8.74. The van der Waals surface area contributed by atoms with Gasteiger partial charge in [-0.3, -0.25) is 9.48 Å². The summed E-state index contributed by atoms with van der Waals surface area (Å²) in [6.07, 6.45) is 3.89. The molecule has 1 amide bonds. The topological polar surface area (TPSA) is 56.2 Å². The van der Waals surface area contributed by atoms with Crippen molar-refractivity contribution in [2.45, 2.75) is 38.1 Å². The number of carbonyl (C=O) groups excluding carboxylic acids is 1. The maximum Gasteiger partial charge on any atom is 0.230 e. The van der Waals surface area contributed by atoms with Crippen molar-refractivity contribution < 1.29 is 13.9 Å². The molecule has 0 radical (unpaired) electrons. The molecule has 29 heavy (non-hydrogen) atoms. The predicted octanol–water partition coefficient (Wildman–Crippen LogP) is 3.74. The van der Waals surface area contributed by atoms with E-state index < -0.39 is 5.41 Å². The number of rotatable bonds is 6. The van der Waals surface area contributed by atoms with Crippen LogP contribution in [0.4, 0.5) is 4.39 Å². The van der Waals surface area contributed by atoms with Crippen molar-refractivity contribution in [2.75, 3.05) is 19.8 Å². The van der Waals surface area contributed by atoms with Gasteiger partial charge in [0.25, 0.3) is 0 Å². The highest BCUT2D eigenvalue weighted by molar-refractivity contribution is 5.88. The van der Waals surface area contributed by atoms with E-state index in [0.29, 0.717) is 32.6 Å². The fourth-order valence-electron chi connectivity index (χ4n) is 4.16. The molecule has 1 fully saturated rings. The van der Waals surface area contributed by atoms with Gasteiger partial charge in [0, 0.05) is 31.7 Å². The maximum absolute atomic E-state index is 13.4. The Bertz CT molecular complexity index is 991. The van der Waals surface area contributed by atoms with Gasteiger partial charge >= 0.3 is 0 Å². The average molecular weight is 395 g/mol. The molecule has 0 atom stereocenters. The molecule has 0 spiro atoms. The number of benzene rings is 2. The minimum absolute atomic E-state index is 0.00595. The van der Waals surface area contributed by atoms with Crippen LogP contribution in [0, 0.1) is 12.7 Å². The Hall–Kier alpha value is -2.73. The average Bonchev–Trinajstić information content (AvgIpc) is 3.16. The van der Waals surface area contributed by atoms with Crippen LogP contribution in [0.15, 0.2) is 48.7 Å². The molecule has 0 aliphatic carbocycles. The van der Waals surface area contributed by atoms with Gasteiger partial charge in [-0.2, -0.15) is 5.10 Å². The monoisotopic (exact) mass is 395 g/mol. The Morgan fingerprint density at radius 2 is 1.97 bits per heavy atom. The van der Waals surface area contributed by atoms with Crippen LogP contribution in [-0.4, -0.2) is 35.4 Å². The minimum atomic E-state index is -0.651. The van der Waals surface area contributed by atoms with Crippen LogP contribution in [0.1, 0.15) is 30.4 Å². The van der Waals surface area contributed by atoms with Crippen molar-refractivity contribution >= 4 is 16.8 Å². The molecular weight excluding hydrogens is 369 g/mol. The molecule has 0 saturated carbocycles. The fourth-order valence-corrected chi connectivity index (χ4v) is 4.16. The van der Waals surface area contributed by atoms with Crippen LogP contribution < -0.4 is 5.32 Å². The Labute approximate surface area is 169 Å². The molecule has 1 aromatic heterocycles. The van der Waals surface area contributed by atoms with Gasteiger partial charge < -0.3 is 10.1 Å². The molecule has 1 saturated heterocycles. The van der Waals surface area contributed by atoms with Gasteiger partial charge in [0.05, 0.1) is 17.1 Å². The lowest BCUT2D eigenvalue weighted by Crippen LogP contribution is -2.48. The van der Waals surface area contributed by atoms with E-state index in [1.807, 2.05) is 16.9 Å². The van der Waals surface area contributed by atoms with E-state index >= 15 is 0 Å². The summed E-state index contributed by atoms with van der Waals surface area (Å²) in [5.74, 6) is -0.299. The number of hydrogen-bond acceptors (Lipinski definition) is 3. The summed E-state index contributed by atoms with van der Waals surface area (Å²) < 4.78 is 20.8. The number of fused-ring (bicyclic) bond motifs is 1. The van der Waals surface area contributed by atoms with Crippen molar-refractivity contribution in [3.8, 4) is 0 Å². The van der Waals surface area contributed by atoms with E-state index in [9.17, 15) is 9.18 Å². The normalized spacial score (nSPS) is 16.1. The Balaban J connectivity index is 1.40. The number of nitrogens with one attached hydrogen (secondary N) is 1. The van der Waals surface area contributed by atoms with Crippen LogP contribution in [0.3, 0.4) is 0 Å². The van der Waals surface area contributed by atoms with E-state index in [1.165, 1.54) is 17.7 Å². The highest BCUT2D eigenvalue weighted by atomic mass is 19.1. The standard InChI is InChI=1S/C23H26FN3O2/c1-17-4-2-5-21-20(17)16-26-27(21)13-3-12-25-22(28)23(10-14-29-15-11-23)18-6-8-19(24)9-7-18/h2,4-9,16H,3,10-15H2,1H3,(H,25,28). The molecule has 6 heteroatoms. The first-order valence-electron chi connectivity index (χ1n) is 10.1. The molecule has 1 N–H and O–H groups in total. The van der Waals surface area contributed by atoms with Gasteiger partial charge in [-0.1, -0.05) is 24.3 Å². The number of carbonyl (C=O) groups is 1. The number of halogens is 1. The number of ether oxygens (including phenoxy) is 1. The van der Waals surface area contributed by atoms with Crippen molar-refractivity contribution in [2.24, 2.45) is 0 Å². The zero-order valence-electron chi connectivity index (χ0n) is 16.7. The molecule has 5 nitrogen and oxygen atoms in total. The molecular formula is C23H26FN3O2. The molecule has 0 unspecified atom stereocenters. The lowest BCUT2D eigenvalue weighted by molar-refractivity contribution is -0.130. The fraction of sp³-hybridized carbons (Fsp3) is 0.391. The van der Waals surface area contributed by atoms with Crippen LogP contribution in [0.25, 0.3) is 10.9 Å². The Morgan fingerprint density at radius 1 is 1.21 bits per heavy atom. The molecule has 4 rings (SSSR count). The molecule has 1 aliphatic heterocycles. The Morgan fingerprint density at radius 3 is 2.72 bits per heavy atom. The number of nitrogens with zero attached hydrogens (tertiary/aromatic N) is 2. The Kier molecular flexibility index (Phi) is 5.62. The van der Waals surface area contributed by atoms with Crippen molar-refractivity contribution in [3.05, 3.63) is 65.6 Å². The van der Waals surface area contributed by atoms with Crippen molar-refractivity contribution in [1.82, 2.24) is 15.1 Å². The quantitative estimate of drug-likeness (QED) is 0.647. The van der Waals surface area contributed by atoms with Gasteiger partial charge in [-0.05, 0) is 55.5 Å². The van der Waals surface area contributed by atoms with Gasteiger partial charge in [0.1, 0.15) is 5.82 Å². The van der Waals surface area contributed by atoms with E-state index in [0.717, 1.165) is 29.4 Å². The summed E-state index contributed by atoms with van der Waals surface area (Å²) in [6, 6.07) is 12.5. The summed E-state index contributed by atoms with van der Waals surface area (Å²) in [6.45, 7) is 4.44. The summed E-state index contributed by atoms with van der Waals surface area (Å²) in [4.78, 5) is 13.1.